The van der Waals surface area contributed by atoms with Crippen LogP contribution in [-0.4, -0.2) is 4.89 Å². The summed E-state index contributed by atoms with van der Waals surface area (Å²) in [5.41, 5.74) is -2.74. The van der Waals surface area contributed by atoms with Gasteiger partial charge in [0.05, 0.1) is 6.26 Å². The second kappa shape index (κ2) is 15.1. The molecule has 0 aromatic heterocycles. The highest BCUT2D eigenvalue weighted by molar-refractivity contribution is 8.68. The Morgan fingerprint density at radius 1 is 0.952 bits per heavy atom. The van der Waals surface area contributed by atoms with E-state index in [9.17, 15) is 4.89 Å². The predicted molar refractivity (Wildman–Crippen MR) is 101 cm³/mol. The summed E-state index contributed by atoms with van der Waals surface area (Å²) in [7, 11) is 0. The van der Waals surface area contributed by atoms with Gasteiger partial charge >= 0.3 is 0 Å². The average molecular weight is 351 g/mol. The first-order valence-corrected chi connectivity index (χ1v) is 12.3. The normalized spacial score (nSPS) is 14.8. The lowest BCUT2D eigenvalue weighted by Gasteiger charge is -2.10. The zero-order valence-corrected chi connectivity index (χ0v) is 16.0. The van der Waals surface area contributed by atoms with Crippen LogP contribution in [0.2, 0.25) is 0 Å². The van der Waals surface area contributed by atoms with Crippen LogP contribution >= 0.6 is 17.1 Å². The van der Waals surface area contributed by atoms with E-state index >= 15 is 0 Å². The van der Waals surface area contributed by atoms with Crippen molar-refractivity contribution in [3.8, 4) is 0 Å². The lowest BCUT2D eigenvalue weighted by molar-refractivity contribution is 0.453. The fourth-order valence-corrected chi connectivity index (χ4v) is 4.06. The molecule has 5 heteroatoms. The van der Waals surface area contributed by atoms with E-state index in [-0.39, 0.29) is 0 Å². The van der Waals surface area contributed by atoms with Crippen LogP contribution in [0.5, 0.6) is 0 Å². The SMILES string of the molecule is CCCCCCC=COP(O)(=S)SC=CCCCCCC. The first-order chi connectivity index (χ1) is 10.1. The van der Waals surface area contributed by atoms with Gasteiger partial charge in [-0.15, -0.1) is 0 Å². The highest BCUT2D eigenvalue weighted by Crippen LogP contribution is 2.57. The Morgan fingerprint density at radius 2 is 1.52 bits per heavy atom. The monoisotopic (exact) mass is 350 g/mol. The highest BCUT2D eigenvalue weighted by atomic mass is 32.9. The minimum Gasteiger partial charge on any atom is -0.444 e. The van der Waals surface area contributed by atoms with E-state index < -0.39 is 5.69 Å². The van der Waals surface area contributed by atoms with Crippen LogP contribution < -0.4 is 0 Å². The topological polar surface area (TPSA) is 29.5 Å². The van der Waals surface area contributed by atoms with Crippen LogP contribution in [0, 0.1) is 0 Å². The fourth-order valence-electron chi connectivity index (χ4n) is 1.78. The van der Waals surface area contributed by atoms with Crippen LogP contribution in [0.25, 0.3) is 0 Å². The predicted octanol–water partition coefficient (Wildman–Crippen LogP) is 6.92. The Labute approximate surface area is 140 Å². The van der Waals surface area contributed by atoms with Crippen molar-refractivity contribution in [1.29, 1.82) is 0 Å². The smallest absolute Gasteiger partial charge is 0.298 e. The van der Waals surface area contributed by atoms with Crippen LogP contribution in [-0.2, 0) is 16.3 Å². The molecule has 0 aliphatic carbocycles. The second-order valence-corrected chi connectivity index (χ2v) is 11.0. The fraction of sp³-hybridized carbons (Fsp3) is 0.750. The Hall–Kier alpha value is 0.240. The zero-order chi connectivity index (χ0) is 15.8. The molecule has 0 aliphatic heterocycles. The second-order valence-electron chi connectivity index (χ2n) is 5.12. The standard InChI is InChI=1S/C16H31O2PS2/c1-3-5-7-9-11-13-15-18-19(17,20)21-16-14-12-10-8-6-4-2/h13-16H,3-12H2,1-2H3,(H,17,20). The van der Waals surface area contributed by atoms with E-state index in [0.717, 1.165) is 12.8 Å². The van der Waals surface area contributed by atoms with Gasteiger partial charge in [0, 0.05) is 0 Å². The molecule has 21 heavy (non-hydrogen) atoms. The largest absolute Gasteiger partial charge is 0.444 e. The van der Waals surface area contributed by atoms with E-state index in [2.05, 4.69) is 19.9 Å². The molecule has 0 spiro atoms. The van der Waals surface area contributed by atoms with Gasteiger partial charge in [0.25, 0.3) is 5.69 Å². The van der Waals surface area contributed by atoms with E-state index in [1.807, 2.05) is 11.5 Å². The zero-order valence-electron chi connectivity index (χ0n) is 13.5. The Balaban J connectivity index is 3.65. The first kappa shape index (κ1) is 21.2. The van der Waals surface area contributed by atoms with Crippen LogP contribution in [0.1, 0.15) is 78.1 Å². The molecule has 0 aromatic rings. The number of unbranched alkanes of at least 4 members (excludes halogenated alkanes) is 8. The summed E-state index contributed by atoms with van der Waals surface area (Å²) in [6.45, 7) is 4.41. The molecule has 1 atom stereocenters. The third-order valence-corrected chi connectivity index (χ3v) is 6.45. The number of hydrogen-bond acceptors (Lipinski definition) is 3. The van der Waals surface area contributed by atoms with E-state index in [0.29, 0.717) is 0 Å². The van der Waals surface area contributed by atoms with Crippen LogP contribution in [0.15, 0.2) is 23.8 Å². The van der Waals surface area contributed by atoms with Crippen molar-refractivity contribution < 1.29 is 9.42 Å². The van der Waals surface area contributed by atoms with Crippen molar-refractivity contribution in [2.75, 3.05) is 0 Å². The maximum Gasteiger partial charge on any atom is 0.298 e. The van der Waals surface area contributed by atoms with Gasteiger partial charge in [-0.05, 0) is 60.4 Å². The first-order valence-electron chi connectivity index (χ1n) is 8.12. The van der Waals surface area contributed by atoms with Crippen molar-refractivity contribution >= 4 is 28.9 Å². The van der Waals surface area contributed by atoms with Crippen molar-refractivity contribution in [1.82, 2.24) is 0 Å². The number of hydrogen-bond donors (Lipinski definition) is 1. The summed E-state index contributed by atoms with van der Waals surface area (Å²) in [6, 6.07) is 0. The summed E-state index contributed by atoms with van der Waals surface area (Å²) in [6.07, 6.45) is 17.7. The summed E-state index contributed by atoms with van der Waals surface area (Å²) in [5.74, 6) is 0. The van der Waals surface area contributed by atoms with Gasteiger partial charge in [-0.1, -0.05) is 58.4 Å². The maximum absolute atomic E-state index is 9.96. The van der Waals surface area contributed by atoms with E-state index in [1.54, 1.807) is 6.26 Å². The van der Waals surface area contributed by atoms with Crippen LogP contribution in [0.4, 0.5) is 0 Å². The Morgan fingerprint density at radius 3 is 2.10 bits per heavy atom. The minimum absolute atomic E-state index is 0.993. The van der Waals surface area contributed by atoms with Gasteiger partial charge in [0.1, 0.15) is 0 Å². The maximum atomic E-state index is 9.96. The minimum atomic E-state index is -2.74. The van der Waals surface area contributed by atoms with Gasteiger partial charge in [-0.25, -0.2) is 0 Å². The summed E-state index contributed by atoms with van der Waals surface area (Å²) in [4.78, 5) is 9.96. The van der Waals surface area contributed by atoms with Crippen molar-refractivity contribution in [2.24, 2.45) is 0 Å². The summed E-state index contributed by atoms with van der Waals surface area (Å²) < 4.78 is 5.29. The van der Waals surface area contributed by atoms with Gasteiger partial charge in [-0.2, -0.15) is 0 Å². The van der Waals surface area contributed by atoms with Gasteiger partial charge in [0.15, 0.2) is 0 Å². The summed E-state index contributed by atoms with van der Waals surface area (Å²) in [5, 5.41) is 1.89. The molecular formula is C16H31O2PS2. The summed E-state index contributed by atoms with van der Waals surface area (Å²) >= 11 is 6.33. The molecule has 1 N–H and O–H groups in total. The third-order valence-electron chi connectivity index (χ3n) is 3.03. The molecule has 0 heterocycles. The number of allylic oxidation sites excluding steroid dienone is 2. The lowest BCUT2D eigenvalue weighted by Crippen LogP contribution is -1.77. The Kier molecular flexibility index (Phi) is 15.3. The molecule has 0 rings (SSSR count). The quantitative estimate of drug-likeness (QED) is 0.209. The molecule has 0 radical (unpaired) electrons. The highest BCUT2D eigenvalue weighted by Gasteiger charge is 2.10. The molecule has 2 nitrogen and oxygen atoms in total. The molecule has 0 saturated heterocycles. The molecular weight excluding hydrogens is 319 g/mol. The van der Waals surface area contributed by atoms with Crippen LogP contribution in [0.3, 0.4) is 0 Å². The Bertz CT molecular complexity index is 302. The van der Waals surface area contributed by atoms with Gasteiger partial charge in [-0.3, -0.25) is 0 Å². The van der Waals surface area contributed by atoms with Gasteiger partial charge < -0.3 is 9.42 Å². The molecule has 1 unspecified atom stereocenters. The molecule has 124 valence electrons. The average Bonchev–Trinajstić information content (AvgIpc) is 2.45. The third kappa shape index (κ3) is 16.4. The molecule has 0 amide bonds. The van der Waals surface area contributed by atoms with Crippen molar-refractivity contribution in [2.45, 2.75) is 78.1 Å². The van der Waals surface area contributed by atoms with E-state index in [1.165, 1.54) is 62.7 Å². The lowest BCUT2D eigenvalue weighted by atomic mass is 10.2. The molecule has 0 saturated carbocycles. The molecule has 0 bridgehead atoms. The molecule has 0 aliphatic rings. The van der Waals surface area contributed by atoms with Crippen molar-refractivity contribution in [3.63, 3.8) is 0 Å². The molecule has 0 fully saturated rings. The van der Waals surface area contributed by atoms with Gasteiger partial charge in [0.2, 0.25) is 0 Å². The van der Waals surface area contributed by atoms with Crippen molar-refractivity contribution in [3.05, 3.63) is 23.8 Å². The van der Waals surface area contributed by atoms with E-state index in [4.69, 9.17) is 16.3 Å². The molecule has 0 aromatic carbocycles. The number of rotatable bonds is 14.